The highest BCUT2D eigenvalue weighted by atomic mass is 32.2. The van der Waals surface area contributed by atoms with E-state index in [1.807, 2.05) is 24.3 Å². The second-order valence-corrected chi connectivity index (χ2v) is 8.96. The van der Waals surface area contributed by atoms with Crippen molar-refractivity contribution in [1.82, 2.24) is 0 Å². The van der Waals surface area contributed by atoms with E-state index in [4.69, 9.17) is 0 Å². The van der Waals surface area contributed by atoms with Gasteiger partial charge in [-0.2, -0.15) is 0 Å². The summed E-state index contributed by atoms with van der Waals surface area (Å²) in [6.45, 7) is 1.51. The van der Waals surface area contributed by atoms with Gasteiger partial charge in [0.2, 0.25) is 0 Å². The minimum absolute atomic E-state index is 0.00852. The zero-order valence-electron chi connectivity index (χ0n) is 19.0. The fourth-order valence-electron chi connectivity index (χ4n) is 3.61. The molecule has 4 rings (SSSR count). The fraction of sp³-hybridized carbons (Fsp3) is 0.0357. The minimum atomic E-state index is -0.534. The van der Waals surface area contributed by atoms with Crippen LogP contribution in [0.15, 0.2) is 95.9 Å². The molecule has 7 nitrogen and oxygen atoms in total. The van der Waals surface area contributed by atoms with E-state index in [0.717, 1.165) is 22.2 Å². The van der Waals surface area contributed by atoms with Gasteiger partial charge in [0, 0.05) is 35.1 Å². The first-order valence-electron chi connectivity index (χ1n) is 10.7. The Morgan fingerprint density at radius 1 is 0.694 bits per heavy atom. The highest BCUT2D eigenvalue weighted by Gasteiger charge is 2.25. The van der Waals surface area contributed by atoms with Gasteiger partial charge in [0.05, 0.1) is 21.0 Å². The second-order valence-electron chi connectivity index (χ2n) is 7.71. The van der Waals surface area contributed by atoms with E-state index in [1.54, 1.807) is 54.6 Å². The number of carbonyl (C=O) groups is 1. The molecular weight excluding hydrogens is 476 g/mol. The zero-order valence-corrected chi connectivity index (χ0v) is 19.8. The molecule has 0 unspecified atom stereocenters. The minimum Gasteiger partial charge on any atom is -0.287 e. The quantitative estimate of drug-likeness (QED) is 0.130. The predicted octanol–water partition coefficient (Wildman–Crippen LogP) is 6.88. The molecule has 0 N–H and O–H groups in total. The molecule has 0 aromatic heterocycles. The molecule has 0 saturated carbocycles. The van der Waals surface area contributed by atoms with Crippen LogP contribution in [-0.4, -0.2) is 15.0 Å². The number of thioether (sulfide) groups is 1. The van der Waals surface area contributed by atoms with Gasteiger partial charge in [-0.25, -0.2) is 0 Å². The fourth-order valence-corrected chi connectivity index (χ4v) is 4.21. The number of hydrogen-bond acceptors (Lipinski definition) is 6. The van der Waals surface area contributed by atoms with Crippen LogP contribution in [0.4, 0.5) is 11.4 Å². The molecule has 0 atom stereocenters. The number of nitro benzene ring substituents is 2. The Labute approximate surface area is 211 Å². The Morgan fingerprint density at radius 2 is 1.14 bits per heavy atom. The van der Waals surface area contributed by atoms with Crippen LogP contribution in [-0.2, 0) is 4.79 Å². The molecule has 0 amide bonds. The van der Waals surface area contributed by atoms with Gasteiger partial charge in [-0.3, -0.25) is 25.0 Å². The van der Waals surface area contributed by atoms with E-state index in [1.165, 1.54) is 19.1 Å². The van der Waals surface area contributed by atoms with Crippen LogP contribution >= 0.6 is 11.8 Å². The van der Waals surface area contributed by atoms with Crippen LogP contribution in [0.2, 0.25) is 0 Å². The van der Waals surface area contributed by atoms with E-state index in [2.05, 4.69) is 11.8 Å². The first kappa shape index (κ1) is 24.4. The molecule has 0 aliphatic carbocycles. The summed E-state index contributed by atoms with van der Waals surface area (Å²) >= 11 is 1.15. The molecule has 4 aromatic carbocycles. The van der Waals surface area contributed by atoms with Gasteiger partial charge < -0.3 is 0 Å². The zero-order chi connectivity index (χ0) is 25.7. The number of nitrogens with zero attached hydrogens (tertiary/aromatic N) is 2. The Bertz CT molecular complexity index is 1520. The number of nitro groups is 2. The maximum atomic E-state index is 11.9. The van der Waals surface area contributed by atoms with Gasteiger partial charge in [0.15, 0.2) is 5.12 Å². The number of benzene rings is 4. The predicted molar refractivity (Wildman–Crippen MR) is 140 cm³/mol. The molecular formula is C28H18N2O5S. The lowest BCUT2D eigenvalue weighted by Crippen LogP contribution is -1.98. The second kappa shape index (κ2) is 10.7. The first-order valence-corrected chi connectivity index (χ1v) is 11.6. The molecule has 0 aliphatic heterocycles. The molecule has 0 bridgehead atoms. The van der Waals surface area contributed by atoms with Crippen molar-refractivity contribution < 1.29 is 14.6 Å². The van der Waals surface area contributed by atoms with Crippen LogP contribution in [0.5, 0.6) is 0 Å². The maximum Gasteiger partial charge on any atom is 0.278 e. The average molecular weight is 495 g/mol. The SMILES string of the molecule is CC(=O)Sc1ccc(C#Cc2ccc(-c3cc([N+](=O)[O-])c(-c4ccccc4)cc3[N+](=O)[O-])cc2)cc1. The summed E-state index contributed by atoms with van der Waals surface area (Å²) in [6, 6.07) is 25.1. The Hall–Kier alpha value is -4.74. The smallest absolute Gasteiger partial charge is 0.278 e. The van der Waals surface area contributed by atoms with Crippen LogP contribution in [0.25, 0.3) is 22.3 Å². The van der Waals surface area contributed by atoms with Gasteiger partial charge in [-0.05, 0) is 47.5 Å². The molecule has 0 spiro atoms. The van der Waals surface area contributed by atoms with Crippen LogP contribution in [0.3, 0.4) is 0 Å². The first-order chi connectivity index (χ1) is 17.3. The average Bonchev–Trinajstić information content (AvgIpc) is 2.88. The molecule has 8 heteroatoms. The highest BCUT2D eigenvalue weighted by molar-refractivity contribution is 8.13. The van der Waals surface area contributed by atoms with Crippen molar-refractivity contribution in [3.8, 4) is 34.1 Å². The van der Waals surface area contributed by atoms with Crippen molar-refractivity contribution in [3.05, 3.63) is 122 Å². The van der Waals surface area contributed by atoms with Crippen LogP contribution < -0.4 is 0 Å². The van der Waals surface area contributed by atoms with Crippen molar-refractivity contribution >= 4 is 28.3 Å². The molecule has 0 saturated heterocycles. The monoisotopic (exact) mass is 494 g/mol. The summed E-state index contributed by atoms with van der Waals surface area (Å²) in [4.78, 5) is 34.6. The van der Waals surface area contributed by atoms with E-state index in [9.17, 15) is 25.0 Å². The van der Waals surface area contributed by atoms with Crippen molar-refractivity contribution in [2.24, 2.45) is 0 Å². The van der Waals surface area contributed by atoms with Crippen molar-refractivity contribution in [2.75, 3.05) is 0 Å². The van der Waals surface area contributed by atoms with Gasteiger partial charge in [0.1, 0.15) is 0 Å². The van der Waals surface area contributed by atoms with Crippen molar-refractivity contribution in [3.63, 3.8) is 0 Å². The number of rotatable bonds is 5. The number of carbonyl (C=O) groups excluding carboxylic acids is 1. The molecule has 0 radical (unpaired) electrons. The summed E-state index contributed by atoms with van der Waals surface area (Å²) in [5.41, 5.74) is 2.36. The normalized spacial score (nSPS) is 10.2. The Kier molecular flexibility index (Phi) is 7.23. The summed E-state index contributed by atoms with van der Waals surface area (Å²) in [7, 11) is 0. The third-order valence-electron chi connectivity index (χ3n) is 5.26. The van der Waals surface area contributed by atoms with Crippen molar-refractivity contribution in [1.29, 1.82) is 0 Å². The van der Waals surface area contributed by atoms with Gasteiger partial charge in [-0.1, -0.05) is 66.1 Å². The standard InChI is InChI=1S/C28H18N2O5S/c1-19(31)36-24-15-11-21(12-16-24)8-7-20-9-13-23(14-10-20)26-18-27(29(32)33)25(17-28(26)30(34)35)22-5-3-2-4-6-22/h2-6,9-18H,1H3. The Balaban J connectivity index is 1.67. The van der Waals surface area contributed by atoms with Crippen LogP contribution in [0, 0.1) is 32.1 Å². The summed E-state index contributed by atoms with van der Waals surface area (Å²) < 4.78 is 0. The lowest BCUT2D eigenvalue weighted by atomic mass is 9.96. The van der Waals surface area contributed by atoms with Crippen LogP contribution in [0.1, 0.15) is 18.1 Å². The topological polar surface area (TPSA) is 103 Å². The van der Waals surface area contributed by atoms with Crippen molar-refractivity contribution in [2.45, 2.75) is 11.8 Å². The third kappa shape index (κ3) is 5.66. The summed E-state index contributed by atoms with van der Waals surface area (Å²) in [5.74, 6) is 6.07. The van der Waals surface area contributed by atoms with Gasteiger partial charge in [-0.15, -0.1) is 0 Å². The molecule has 36 heavy (non-hydrogen) atoms. The Morgan fingerprint density at radius 3 is 1.58 bits per heavy atom. The van der Waals surface area contributed by atoms with Gasteiger partial charge >= 0.3 is 0 Å². The van der Waals surface area contributed by atoms with E-state index >= 15 is 0 Å². The third-order valence-corrected chi connectivity index (χ3v) is 6.05. The lowest BCUT2D eigenvalue weighted by Gasteiger charge is -2.08. The summed E-state index contributed by atoms with van der Waals surface area (Å²) in [6.07, 6.45) is 0. The maximum absolute atomic E-state index is 11.9. The molecule has 0 aliphatic rings. The lowest BCUT2D eigenvalue weighted by molar-refractivity contribution is -0.388. The molecule has 0 heterocycles. The van der Waals surface area contributed by atoms with Gasteiger partial charge in [0.25, 0.3) is 11.4 Å². The molecule has 176 valence electrons. The van der Waals surface area contributed by atoms with E-state index < -0.39 is 9.85 Å². The molecule has 0 fully saturated rings. The van der Waals surface area contributed by atoms with E-state index in [0.29, 0.717) is 16.7 Å². The van der Waals surface area contributed by atoms with E-state index in [-0.39, 0.29) is 27.6 Å². The largest absolute Gasteiger partial charge is 0.287 e. The highest BCUT2D eigenvalue weighted by Crippen LogP contribution is 2.40. The molecule has 4 aromatic rings. The summed E-state index contributed by atoms with van der Waals surface area (Å²) in [5, 5.41) is 23.7. The number of hydrogen-bond donors (Lipinski definition) is 0.